The van der Waals surface area contributed by atoms with Crippen LogP contribution in [0, 0.1) is 6.92 Å². The molecule has 0 spiro atoms. The molecule has 5 heteroatoms. The summed E-state index contributed by atoms with van der Waals surface area (Å²) in [6.07, 6.45) is 2.64. The van der Waals surface area contributed by atoms with Gasteiger partial charge in [0.1, 0.15) is 17.5 Å². The van der Waals surface area contributed by atoms with Crippen LogP contribution in [0.5, 0.6) is 0 Å². The van der Waals surface area contributed by atoms with Gasteiger partial charge in [0.15, 0.2) is 0 Å². The van der Waals surface area contributed by atoms with Crippen LogP contribution in [0.3, 0.4) is 0 Å². The summed E-state index contributed by atoms with van der Waals surface area (Å²) in [4.78, 5) is 14.4. The lowest BCUT2D eigenvalue weighted by Crippen LogP contribution is -2.50. The molecule has 2 aliphatic rings. The monoisotopic (exact) mass is 289 g/mol. The highest BCUT2D eigenvalue weighted by molar-refractivity contribution is 5.57. The van der Waals surface area contributed by atoms with Crippen molar-refractivity contribution >= 4 is 11.6 Å². The molecule has 2 aliphatic heterocycles. The van der Waals surface area contributed by atoms with Gasteiger partial charge in [-0.2, -0.15) is 0 Å². The Morgan fingerprint density at radius 1 is 1.14 bits per heavy atom. The van der Waals surface area contributed by atoms with E-state index in [1.807, 2.05) is 6.92 Å². The van der Waals surface area contributed by atoms with Gasteiger partial charge in [0.25, 0.3) is 0 Å². The van der Waals surface area contributed by atoms with Gasteiger partial charge in [-0.1, -0.05) is 20.8 Å². The number of rotatable bonds is 1. The van der Waals surface area contributed by atoms with E-state index in [9.17, 15) is 0 Å². The molecular formula is C16H27N5. The Labute approximate surface area is 127 Å². The summed E-state index contributed by atoms with van der Waals surface area (Å²) in [6, 6.07) is 0.687. The first-order valence-electron chi connectivity index (χ1n) is 8.00. The maximum absolute atomic E-state index is 6.14. The quantitative estimate of drug-likeness (QED) is 0.856. The van der Waals surface area contributed by atoms with Crippen molar-refractivity contribution in [2.24, 2.45) is 0 Å². The first-order chi connectivity index (χ1) is 9.86. The van der Waals surface area contributed by atoms with Gasteiger partial charge in [-0.3, -0.25) is 4.90 Å². The van der Waals surface area contributed by atoms with Crippen molar-refractivity contribution in [2.75, 3.05) is 36.8 Å². The average Bonchev–Trinajstić information content (AvgIpc) is 2.87. The van der Waals surface area contributed by atoms with Gasteiger partial charge in [-0.15, -0.1) is 0 Å². The Balaban J connectivity index is 1.92. The van der Waals surface area contributed by atoms with E-state index in [0.29, 0.717) is 11.9 Å². The predicted octanol–water partition coefficient (Wildman–Crippen LogP) is 1.95. The van der Waals surface area contributed by atoms with E-state index in [1.165, 1.54) is 19.4 Å². The maximum Gasteiger partial charge on any atom is 0.138 e. The summed E-state index contributed by atoms with van der Waals surface area (Å²) in [7, 11) is 0. The predicted molar refractivity (Wildman–Crippen MR) is 86.7 cm³/mol. The van der Waals surface area contributed by atoms with E-state index in [4.69, 9.17) is 10.7 Å². The average molecular weight is 289 g/mol. The standard InChI is InChI=1S/C16H27N5/c1-11-13(17)18-15(16(2,3)4)19-14(11)21-9-8-20-7-5-6-12(20)10-21/h12H,5-10H2,1-4H3,(H2,17,18,19). The van der Waals surface area contributed by atoms with Crippen LogP contribution in [0.15, 0.2) is 0 Å². The van der Waals surface area contributed by atoms with Crippen molar-refractivity contribution in [3.05, 3.63) is 11.4 Å². The van der Waals surface area contributed by atoms with E-state index in [0.717, 1.165) is 36.8 Å². The summed E-state index contributed by atoms with van der Waals surface area (Å²) >= 11 is 0. The van der Waals surface area contributed by atoms with Crippen LogP contribution in [-0.2, 0) is 5.41 Å². The summed E-state index contributed by atoms with van der Waals surface area (Å²) in [5.74, 6) is 2.51. The second-order valence-corrected chi connectivity index (χ2v) is 7.41. The molecule has 116 valence electrons. The Morgan fingerprint density at radius 3 is 2.62 bits per heavy atom. The van der Waals surface area contributed by atoms with E-state index < -0.39 is 0 Å². The number of anilines is 2. The van der Waals surface area contributed by atoms with E-state index in [2.05, 4.69) is 35.6 Å². The number of hydrogen-bond acceptors (Lipinski definition) is 5. The summed E-state index contributed by atoms with van der Waals surface area (Å²) in [5, 5.41) is 0. The lowest BCUT2D eigenvalue weighted by molar-refractivity contribution is 0.230. The zero-order chi connectivity index (χ0) is 15.2. The van der Waals surface area contributed by atoms with Crippen LogP contribution in [0.2, 0.25) is 0 Å². The first kappa shape index (κ1) is 14.6. The van der Waals surface area contributed by atoms with Crippen LogP contribution in [0.25, 0.3) is 0 Å². The second-order valence-electron chi connectivity index (χ2n) is 7.41. The zero-order valence-electron chi connectivity index (χ0n) is 13.7. The molecule has 2 N–H and O–H groups in total. The third kappa shape index (κ3) is 2.71. The van der Waals surface area contributed by atoms with Crippen molar-refractivity contribution in [1.82, 2.24) is 14.9 Å². The van der Waals surface area contributed by atoms with Gasteiger partial charge in [0.05, 0.1) is 0 Å². The molecule has 0 aliphatic carbocycles. The highest BCUT2D eigenvalue weighted by Gasteiger charge is 2.32. The number of fused-ring (bicyclic) bond motifs is 1. The van der Waals surface area contributed by atoms with Gasteiger partial charge >= 0.3 is 0 Å². The molecule has 0 radical (unpaired) electrons. The van der Waals surface area contributed by atoms with Crippen LogP contribution < -0.4 is 10.6 Å². The Kier molecular flexibility index (Phi) is 3.56. The smallest absolute Gasteiger partial charge is 0.138 e. The van der Waals surface area contributed by atoms with Gasteiger partial charge in [0.2, 0.25) is 0 Å². The third-order valence-corrected chi connectivity index (χ3v) is 4.72. The van der Waals surface area contributed by atoms with Crippen molar-refractivity contribution in [3.63, 3.8) is 0 Å². The largest absolute Gasteiger partial charge is 0.383 e. The fourth-order valence-electron chi connectivity index (χ4n) is 3.35. The molecule has 21 heavy (non-hydrogen) atoms. The Morgan fingerprint density at radius 2 is 1.90 bits per heavy atom. The van der Waals surface area contributed by atoms with E-state index >= 15 is 0 Å². The number of hydrogen-bond donors (Lipinski definition) is 1. The molecule has 0 bridgehead atoms. The normalized spacial score (nSPS) is 23.4. The van der Waals surface area contributed by atoms with Crippen molar-refractivity contribution in [2.45, 2.75) is 52.0 Å². The first-order valence-corrected chi connectivity index (χ1v) is 8.00. The number of aromatic nitrogens is 2. The second kappa shape index (κ2) is 5.13. The molecular weight excluding hydrogens is 262 g/mol. The van der Waals surface area contributed by atoms with Crippen molar-refractivity contribution in [3.8, 4) is 0 Å². The van der Waals surface area contributed by atoms with Crippen molar-refractivity contribution < 1.29 is 0 Å². The van der Waals surface area contributed by atoms with Gasteiger partial charge in [-0.25, -0.2) is 9.97 Å². The minimum absolute atomic E-state index is 0.0776. The molecule has 1 aromatic rings. The lowest BCUT2D eigenvalue weighted by atomic mass is 9.95. The number of piperazine rings is 1. The number of nitrogens with zero attached hydrogens (tertiary/aromatic N) is 4. The zero-order valence-corrected chi connectivity index (χ0v) is 13.7. The van der Waals surface area contributed by atoms with Gasteiger partial charge < -0.3 is 10.6 Å². The summed E-state index contributed by atoms with van der Waals surface area (Å²) in [5.41, 5.74) is 7.09. The SMILES string of the molecule is Cc1c(N)nc(C(C)(C)C)nc1N1CCN2CCCC2C1. The molecule has 1 unspecified atom stereocenters. The van der Waals surface area contributed by atoms with E-state index in [-0.39, 0.29) is 5.41 Å². The molecule has 5 nitrogen and oxygen atoms in total. The molecule has 1 aromatic heterocycles. The van der Waals surface area contributed by atoms with Crippen LogP contribution in [0.1, 0.15) is 45.0 Å². The minimum Gasteiger partial charge on any atom is -0.383 e. The minimum atomic E-state index is -0.0776. The molecule has 3 heterocycles. The lowest BCUT2D eigenvalue weighted by Gasteiger charge is -2.39. The van der Waals surface area contributed by atoms with Crippen LogP contribution in [-0.4, -0.2) is 47.1 Å². The number of nitrogens with two attached hydrogens (primary N) is 1. The fraction of sp³-hybridized carbons (Fsp3) is 0.750. The van der Waals surface area contributed by atoms with Crippen LogP contribution in [0.4, 0.5) is 11.6 Å². The highest BCUT2D eigenvalue weighted by Crippen LogP contribution is 2.30. The summed E-state index contributed by atoms with van der Waals surface area (Å²) < 4.78 is 0. The highest BCUT2D eigenvalue weighted by atomic mass is 15.3. The molecule has 2 fully saturated rings. The summed E-state index contributed by atoms with van der Waals surface area (Å²) in [6.45, 7) is 13.0. The molecule has 1 atom stereocenters. The van der Waals surface area contributed by atoms with Crippen molar-refractivity contribution in [1.29, 1.82) is 0 Å². The third-order valence-electron chi connectivity index (χ3n) is 4.72. The Bertz CT molecular complexity index is 534. The van der Waals surface area contributed by atoms with E-state index in [1.54, 1.807) is 0 Å². The van der Waals surface area contributed by atoms with Crippen LogP contribution >= 0.6 is 0 Å². The topological polar surface area (TPSA) is 58.3 Å². The molecule has 0 saturated carbocycles. The molecule has 3 rings (SSSR count). The number of nitrogen functional groups attached to an aromatic ring is 1. The molecule has 0 aromatic carbocycles. The fourth-order valence-corrected chi connectivity index (χ4v) is 3.35. The molecule has 0 amide bonds. The molecule has 2 saturated heterocycles. The van der Waals surface area contributed by atoms with Gasteiger partial charge in [0, 0.05) is 36.7 Å². The van der Waals surface area contributed by atoms with Gasteiger partial charge in [-0.05, 0) is 26.3 Å². The Hall–Kier alpha value is -1.36. The maximum atomic E-state index is 6.14.